The van der Waals surface area contributed by atoms with Gasteiger partial charge in [-0.25, -0.2) is 9.55 Å². The smallest absolute Gasteiger partial charge is 0.342 e. The molecule has 10 nitrogen and oxygen atoms in total. The number of hydrogen-bond donors (Lipinski definition) is 0. The van der Waals surface area contributed by atoms with Gasteiger partial charge in [-0.2, -0.15) is 0 Å². The van der Waals surface area contributed by atoms with Crippen LogP contribution in [0.3, 0.4) is 0 Å². The number of hydrogen-bond acceptors (Lipinski definition) is 7. The van der Waals surface area contributed by atoms with Crippen LogP contribution in [-0.4, -0.2) is 71.5 Å². The highest BCUT2D eigenvalue weighted by Gasteiger charge is 2.25. The Balaban J connectivity index is 1.24. The molecule has 1 aliphatic heterocycles. The SMILES string of the molecule is Cn1c([N+](=O)[O-])cnc1CCn1cc(CN2CCN(C3CCCCC3)CC2)nn1. The molecule has 2 aliphatic rings. The first kappa shape index (κ1) is 20.0. The predicted molar refractivity (Wildman–Crippen MR) is 107 cm³/mol. The Labute approximate surface area is 170 Å². The highest BCUT2D eigenvalue weighted by Crippen LogP contribution is 2.23. The summed E-state index contributed by atoms with van der Waals surface area (Å²) in [4.78, 5) is 19.8. The molecule has 158 valence electrons. The lowest BCUT2D eigenvalue weighted by atomic mass is 9.94. The Morgan fingerprint density at radius 3 is 2.62 bits per heavy atom. The van der Waals surface area contributed by atoms with Crippen LogP contribution in [0.15, 0.2) is 12.4 Å². The van der Waals surface area contributed by atoms with Gasteiger partial charge in [-0.1, -0.05) is 24.5 Å². The molecule has 2 aromatic rings. The summed E-state index contributed by atoms with van der Waals surface area (Å²) in [5.74, 6) is 0.680. The minimum absolute atomic E-state index is 0.00616. The quantitative estimate of drug-likeness (QED) is 0.512. The summed E-state index contributed by atoms with van der Waals surface area (Å²) in [7, 11) is 1.67. The van der Waals surface area contributed by atoms with E-state index in [-0.39, 0.29) is 5.82 Å². The Kier molecular flexibility index (Phi) is 6.19. The number of piperazine rings is 1. The van der Waals surface area contributed by atoms with E-state index in [0.29, 0.717) is 18.8 Å². The second kappa shape index (κ2) is 9.00. The molecule has 0 radical (unpaired) electrons. The molecule has 10 heteroatoms. The van der Waals surface area contributed by atoms with Crippen LogP contribution in [0, 0.1) is 10.1 Å². The van der Waals surface area contributed by atoms with E-state index in [1.165, 1.54) is 42.9 Å². The van der Waals surface area contributed by atoms with E-state index < -0.39 is 4.92 Å². The molecule has 2 aromatic heterocycles. The minimum atomic E-state index is -0.419. The third-order valence-electron chi connectivity index (χ3n) is 6.28. The first-order valence-corrected chi connectivity index (χ1v) is 10.6. The van der Waals surface area contributed by atoms with Gasteiger partial charge in [0.1, 0.15) is 6.20 Å². The maximum atomic E-state index is 10.9. The second-order valence-corrected chi connectivity index (χ2v) is 8.18. The largest absolute Gasteiger partial charge is 0.358 e. The van der Waals surface area contributed by atoms with Crippen LogP contribution in [0.25, 0.3) is 0 Å². The zero-order valence-electron chi connectivity index (χ0n) is 17.1. The van der Waals surface area contributed by atoms with Crippen molar-refractivity contribution in [2.45, 2.75) is 57.7 Å². The molecular formula is C19H30N8O2. The molecule has 4 rings (SSSR count). The van der Waals surface area contributed by atoms with Gasteiger partial charge in [0.25, 0.3) is 0 Å². The number of aryl methyl sites for hydroxylation is 2. The van der Waals surface area contributed by atoms with Crippen LogP contribution in [0.1, 0.15) is 43.6 Å². The first-order valence-electron chi connectivity index (χ1n) is 10.6. The molecule has 3 heterocycles. The fourth-order valence-corrected chi connectivity index (χ4v) is 4.54. The molecule has 0 bridgehead atoms. The van der Waals surface area contributed by atoms with Gasteiger partial charge in [-0.3, -0.25) is 14.5 Å². The molecular weight excluding hydrogens is 372 g/mol. The Morgan fingerprint density at radius 2 is 1.93 bits per heavy atom. The Hall–Kier alpha value is -2.33. The van der Waals surface area contributed by atoms with Gasteiger partial charge in [-0.05, 0) is 17.8 Å². The molecule has 1 saturated carbocycles. The third-order valence-corrected chi connectivity index (χ3v) is 6.28. The summed E-state index contributed by atoms with van der Waals surface area (Å²) in [5.41, 5.74) is 0.974. The zero-order chi connectivity index (χ0) is 20.2. The van der Waals surface area contributed by atoms with Gasteiger partial charge in [-0.15, -0.1) is 5.10 Å². The maximum Gasteiger partial charge on any atom is 0.342 e. The normalized spacial score (nSPS) is 19.6. The second-order valence-electron chi connectivity index (χ2n) is 8.18. The summed E-state index contributed by atoms with van der Waals surface area (Å²) in [6, 6.07) is 0.800. The van der Waals surface area contributed by atoms with Crippen molar-refractivity contribution >= 4 is 5.82 Å². The summed E-state index contributed by atoms with van der Waals surface area (Å²) >= 11 is 0. The van der Waals surface area contributed by atoms with Crippen LogP contribution < -0.4 is 0 Å². The lowest BCUT2D eigenvalue weighted by Crippen LogP contribution is -2.50. The van der Waals surface area contributed by atoms with Crippen LogP contribution in [0.4, 0.5) is 5.82 Å². The van der Waals surface area contributed by atoms with Crippen LogP contribution in [0.5, 0.6) is 0 Å². The fraction of sp³-hybridized carbons (Fsp3) is 0.737. The fourth-order valence-electron chi connectivity index (χ4n) is 4.54. The molecule has 0 spiro atoms. The summed E-state index contributed by atoms with van der Waals surface area (Å²) < 4.78 is 3.32. The average Bonchev–Trinajstić information content (AvgIpc) is 3.34. The van der Waals surface area contributed by atoms with E-state index in [0.717, 1.165) is 44.5 Å². The molecule has 0 aromatic carbocycles. The molecule has 0 amide bonds. The molecule has 0 N–H and O–H groups in total. The Morgan fingerprint density at radius 1 is 1.17 bits per heavy atom. The third kappa shape index (κ3) is 4.81. The molecule has 1 saturated heterocycles. The number of aromatic nitrogens is 5. The van der Waals surface area contributed by atoms with Crippen molar-refractivity contribution in [2.75, 3.05) is 26.2 Å². The van der Waals surface area contributed by atoms with E-state index >= 15 is 0 Å². The molecule has 0 atom stereocenters. The van der Waals surface area contributed by atoms with Gasteiger partial charge in [0, 0.05) is 51.4 Å². The van der Waals surface area contributed by atoms with Crippen molar-refractivity contribution in [3.63, 3.8) is 0 Å². The minimum Gasteiger partial charge on any atom is -0.358 e. The molecule has 1 aliphatic carbocycles. The number of imidazole rings is 1. The maximum absolute atomic E-state index is 10.9. The van der Waals surface area contributed by atoms with Gasteiger partial charge < -0.3 is 10.1 Å². The average molecular weight is 403 g/mol. The lowest BCUT2D eigenvalue weighted by Gasteiger charge is -2.40. The summed E-state index contributed by atoms with van der Waals surface area (Å²) in [6.07, 6.45) is 10.8. The van der Waals surface area contributed by atoms with Gasteiger partial charge >= 0.3 is 5.82 Å². The first-order chi connectivity index (χ1) is 14.1. The molecule has 29 heavy (non-hydrogen) atoms. The number of rotatable bonds is 7. The van der Waals surface area contributed by atoms with Crippen molar-refractivity contribution in [3.8, 4) is 0 Å². The van der Waals surface area contributed by atoms with Crippen molar-refractivity contribution in [3.05, 3.63) is 34.0 Å². The van der Waals surface area contributed by atoms with Crippen molar-refractivity contribution in [1.82, 2.24) is 34.3 Å². The van der Waals surface area contributed by atoms with Crippen LogP contribution in [0.2, 0.25) is 0 Å². The number of nitro groups is 1. The van der Waals surface area contributed by atoms with E-state index in [9.17, 15) is 10.1 Å². The van der Waals surface area contributed by atoms with Crippen molar-refractivity contribution in [2.24, 2.45) is 7.05 Å². The van der Waals surface area contributed by atoms with Gasteiger partial charge in [0.2, 0.25) is 0 Å². The summed E-state index contributed by atoms with van der Waals surface area (Å²) in [6.45, 7) is 5.89. The molecule has 0 unspecified atom stereocenters. The topological polar surface area (TPSA) is 98.1 Å². The van der Waals surface area contributed by atoms with Crippen molar-refractivity contribution in [1.29, 1.82) is 0 Å². The Bertz CT molecular complexity index is 818. The van der Waals surface area contributed by atoms with E-state index in [2.05, 4.69) is 25.1 Å². The van der Waals surface area contributed by atoms with Crippen molar-refractivity contribution < 1.29 is 4.92 Å². The van der Waals surface area contributed by atoms with E-state index in [1.807, 2.05) is 6.20 Å². The standard InChI is InChI=1S/C19H30N8O2/c1-23-18(20-13-19(23)27(28)29)7-8-26-15-16(21-22-26)14-24-9-11-25(12-10-24)17-5-3-2-4-6-17/h13,15,17H,2-12,14H2,1H3. The highest BCUT2D eigenvalue weighted by atomic mass is 16.6. The predicted octanol–water partition coefficient (Wildman–Crippen LogP) is 1.61. The van der Waals surface area contributed by atoms with Crippen LogP contribution >= 0.6 is 0 Å². The monoisotopic (exact) mass is 402 g/mol. The summed E-state index contributed by atoms with van der Waals surface area (Å²) in [5, 5.41) is 19.4. The van der Waals surface area contributed by atoms with E-state index in [1.54, 1.807) is 11.7 Å². The zero-order valence-corrected chi connectivity index (χ0v) is 17.1. The molecule has 2 fully saturated rings. The highest BCUT2D eigenvalue weighted by molar-refractivity contribution is 5.18. The van der Waals surface area contributed by atoms with Gasteiger partial charge in [0.15, 0.2) is 5.82 Å². The van der Waals surface area contributed by atoms with Gasteiger partial charge in [0.05, 0.1) is 19.3 Å². The van der Waals surface area contributed by atoms with Crippen LogP contribution in [-0.2, 0) is 26.6 Å². The lowest BCUT2D eigenvalue weighted by molar-refractivity contribution is -0.391. The number of nitrogens with zero attached hydrogens (tertiary/aromatic N) is 8. The van der Waals surface area contributed by atoms with E-state index in [4.69, 9.17) is 0 Å².